The van der Waals surface area contributed by atoms with E-state index < -0.39 is 82.7 Å². The molecule has 0 spiro atoms. The number of rotatable bonds is 16. The molecule has 3 saturated heterocycles. The lowest BCUT2D eigenvalue weighted by Gasteiger charge is -2.16. The van der Waals surface area contributed by atoms with Crippen LogP contribution in [0.2, 0.25) is 0 Å². The Balaban J connectivity index is 0. The van der Waals surface area contributed by atoms with Crippen molar-refractivity contribution in [1.29, 1.82) is 0 Å². The topological polar surface area (TPSA) is 393 Å². The van der Waals surface area contributed by atoms with Crippen LogP contribution in [-0.2, 0) is 71.8 Å². The minimum absolute atomic E-state index is 0.128. The fourth-order valence-corrected chi connectivity index (χ4v) is 7.15. The van der Waals surface area contributed by atoms with Crippen molar-refractivity contribution in [3.63, 3.8) is 0 Å². The summed E-state index contributed by atoms with van der Waals surface area (Å²) < 4.78 is 13.1. The van der Waals surface area contributed by atoms with E-state index in [1.54, 1.807) is 13.8 Å². The van der Waals surface area contributed by atoms with Gasteiger partial charge in [-0.15, -0.1) is 28.6 Å². The molecule has 67 heavy (non-hydrogen) atoms. The maximum absolute atomic E-state index is 11.7. The molecule has 3 fully saturated rings. The standard InChI is InChI=1S/2C11H16N2O5S.C6H7NO4.C6H11NO4.C4H9NO2/c2*1-6(14)7(12-11(17)18-3)5-19-8-4-9(15)13(2)10(8)16;1-4(8)11-7-5(9)2-3-6(7)10;1-3-4(5(8)9)7-6(10)11-2;1-2-3(5)4(6)7/h2*7-8H,4-5H2,1-3H3,(H,12,17);2-3H2,1H3;4H,3H2,1-2H3,(H,7,10)(H,8,9);3H,2,5H2,1H3,(H,6,7). The minimum Gasteiger partial charge on any atom is -0.544 e. The lowest BCUT2D eigenvalue weighted by Crippen LogP contribution is -2.67. The van der Waals surface area contributed by atoms with Crippen LogP contribution in [0.15, 0.2) is 0 Å². The highest BCUT2D eigenvalue weighted by Gasteiger charge is 2.38. The average molecular weight is 998 g/mol. The van der Waals surface area contributed by atoms with Gasteiger partial charge >= 0.3 is 30.2 Å². The van der Waals surface area contributed by atoms with Crippen LogP contribution in [0.25, 0.3) is 0 Å². The Morgan fingerprint density at radius 2 is 1.00 bits per heavy atom. The van der Waals surface area contributed by atoms with Gasteiger partial charge in [-0.3, -0.25) is 48.2 Å². The van der Waals surface area contributed by atoms with E-state index in [0.29, 0.717) is 17.9 Å². The van der Waals surface area contributed by atoms with Gasteiger partial charge in [-0.2, -0.15) is 0 Å². The molecule has 29 heteroatoms. The number of carbonyl (C=O) groups excluding carboxylic acids is 13. The Morgan fingerprint density at radius 3 is 1.21 bits per heavy atom. The van der Waals surface area contributed by atoms with Crippen molar-refractivity contribution in [2.45, 2.75) is 108 Å². The van der Waals surface area contributed by atoms with Gasteiger partial charge in [0, 0.05) is 64.6 Å². The zero-order valence-corrected chi connectivity index (χ0v) is 40.3. The number of carboxylic acids is 2. The summed E-state index contributed by atoms with van der Waals surface area (Å²) in [5.41, 5.74) is 3.29. The number of ether oxygens (including phenoxy) is 3. The maximum atomic E-state index is 11.7. The third-order valence-corrected chi connectivity index (χ3v) is 11.4. The molecule has 0 aliphatic carbocycles. The van der Waals surface area contributed by atoms with E-state index in [1.165, 1.54) is 72.8 Å². The zero-order chi connectivity index (χ0) is 52.3. The summed E-state index contributed by atoms with van der Waals surface area (Å²) >= 11 is 2.37. The van der Waals surface area contributed by atoms with Crippen LogP contribution in [0.1, 0.15) is 73.1 Å². The number of alkyl carbamates (subject to hydrolysis) is 3. The number of carbonyl (C=O) groups is 14. The molecule has 378 valence electrons. The van der Waals surface area contributed by atoms with Gasteiger partial charge in [0.15, 0.2) is 11.6 Å². The molecule has 3 rings (SSSR count). The second kappa shape index (κ2) is 32.3. The summed E-state index contributed by atoms with van der Waals surface area (Å²) in [5, 5.41) is 24.7. The van der Waals surface area contributed by atoms with Crippen LogP contribution in [-0.4, -0.2) is 185 Å². The number of Topliss-reactive ketones (excluding diaryl/α,β-unsaturated/α-hetero) is 2. The van der Waals surface area contributed by atoms with Gasteiger partial charge in [-0.05, 0) is 20.3 Å². The van der Waals surface area contributed by atoms with Crippen molar-refractivity contribution < 1.29 is 102 Å². The third kappa shape index (κ3) is 24.1. The Kier molecular flexibility index (Phi) is 30.3. The first-order valence-electron chi connectivity index (χ1n) is 19.8. The van der Waals surface area contributed by atoms with E-state index >= 15 is 0 Å². The van der Waals surface area contributed by atoms with Gasteiger partial charge in [0.1, 0.15) is 12.1 Å². The number of thioether (sulfide) groups is 2. The van der Waals surface area contributed by atoms with E-state index in [0.717, 1.165) is 16.7 Å². The van der Waals surface area contributed by atoms with Crippen LogP contribution in [0.5, 0.6) is 0 Å². The zero-order valence-electron chi connectivity index (χ0n) is 38.7. The average Bonchev–Trinajstić information content (AvgIpc) is 3.82. The molecule has 3 aliphatic rings. The lowest BCUT2D eigenvalue weighted by atomic mass is 10.2. The minimum atomic E-state index is -1.07. The molecule has 0 aromatic rings. The number of likely N-dealkylation sites (tertiary alicyclic amines) is 2. The van der Waals surface area contributed by atoms with E-state index in [2.05, 4.69) is 40.7 Å². The van der Waals surface area contributed by atoms with Gasteiger partial charge in [0.2, 0.25) is 23.6 Å². The normalized spacial score (nSPS) is 17.7. The van der Waals surface area contributed by atoms with Gasteiger partial charge in [-0.25, -0.2) is 24.0 Å². The number of hydroxylamine groups is 2. The molecule has 3 aliphatic heterocycles. The van der Waals surface area contributed by atoms with Crippen molar-refractivity contribution in [1.82, 2.24) is 30.8 Å². The first kappa shape index (κ1) is 62.7. The maximum Gasteiger partial charge on any atom is 0.407 e. The third-order valence-electron chi connectivity index (χ3n) is 8.78. The fourth-order valence-electron chi connectivity index (χ4n) is 4.55. The summed E-state index contributed by atoms with van der Waals surface area (Å²) in [6, 6.07) is -2.86. The van der Waals surface area contributed by atoms with Crippen LogP contribution >= 0.6 is 23.5 Å². The monoisotopic (exact) mass is 997 g/mol. The number of methoxy groups -OCH3 is 3. The smallest absolute Gasteiger partial charge is 0.407 e. The van der Waals surface area contributed by atoms with E-state index in [9.17, 15) is 72.2 Å². The van der Waals surface area contributed by atoms with Crippen molar-refractivity contribution >= 4 is 107 Å². The van der Waals surface area contributed by atoms with E-state index in [1.807, 2.05) is 0 Å². The molecule has 9 amide bonds. The Labute approximate surface area is 393 Å². The summed E-state index contributed by atoms with van der Waals surface area (Å²) in [4.78, 5) is 160. The van der Waals surface area contributed by atoms with Crippen molar-refractivity contribution in [2.75, 3.05) is 46.9 Å². The van der Waals surface area contributed by atoms with Crippen LogP contribution < -0.4 is 26.8 Å². The number of amides is 9. The molecule has 0 bridgehead atoms. The number of aliphatic carboxylic acids is 2. The lowest BCUT2D eigenvalue weighted by molar-refractivity contribution is -0.437. The summed E-state index contributed by atoms with van der Waals surface area (Å²) in [6.45, 7) is 7.24. The first-order chi connectivity index (χ1) is 31.1. The Hall–Kier alpha value is -6.36. The number of nitrogens with zero attached hydrogens (tertiary/aromatic N) is 3. The van der Waals surface area contributed by atoms with Gasteiger partial charge < -0.3 is 55.7 Å². The highest BCUT2D eigenvalue weighted by atomic mass is 32.2. The fraction of sp³-hybridized carbons (Fsp3) is 0.632. The molecule has 27 nitrogen and oxygen atoms in total. The number of imide groups is 3. The number of ketones is 2. The quantitative estimate of drug-likeness (QED) is 0.0768. The summed E-state index contributed by atoms with van der Waals surface area (Å²) in [6.07, 6.45) is -0.728. The highest BCUT2D eigenvalue weighted by Crippen LogP contribution is 2.26. The summed E-state index contributed by atoms with van der Waals surface area (Å²) in [5.74, 6) is -4.71. The van der Waals surface area contributed by atoms with Crippen molar-refractivity contribution in [3.05, 3.63) is 0 Å². The van der Waals surface area contributed by atoms with Crippen molar-refractivity contribution in [3.8, 4) is 0 Å². The van der Waals surface area contributed by atoms with E-state index in [4.69, 9.17) is 5.11 Å². The predicted molar refractivity (Wildman–Crippen MR) is 229 cm³/mol. The van der Waals surface area contributed by atoms with E-state index in [-0.39, 0.29) is 72.4 Å². The van der Waals surface area contributed by atoms with Crippen molar-refractivity contribution in [2.24, 2.45) is 0 Å². The first-order valence-corrected chi connectivity index (χ1v) is 21.9. The van der Waals surface area contributed by atoms with Crippen LogP contribution in [0.4, 0.5) is 14.4 Å². The Bertz CT molecular complexity index is 1740. The molecule has 0 aromatic heterocycles. The highest BCUT2D eigenvalue weighted by molar-refractivity contribution is 8.01. The number of hydrogen-bond donors (Lipinski definition) is 5. The number of nitrogens with one attached hydrogen (secondary N) is 3. The Morgan fingerprint density at radius 1 is 0.657 bits per heavy atom. The van der Waals surface area contributed by atoms with Gasteiger partial charge in [0.25, 0.3) is 11.8 Å². The largest absolute Gasteiger partial charge is 0.544 e. The predicted octanol–water partition coefficient (Wildman–Crippen LogP) is -2.84. The SMILES string of the molecule is CC(=O)ON1C(=O)CCC1=O.CCC(NC(=O)OC)C(=O)O.CCC([NH3+])C(=O)[O-].COC(=O)NC(CSC1CC(=O)N(C)C1=O)C(C)=O.COC(=O)NC(CSC1CC(=O)N(C)C1=O)C(C)=O. The summed E-state index contributed by atoms with van der Waals surface area (Å²) in [7, 11) is 6.45. The molecule has 6 unspecified atom stereocenters. The second-order valence-corrected chi connectivity index (χ2v) is 16.2. The van der Waals surface area contributed by atoms with Gasteiger partial charge in [-0.1, -0.05) is 13.8 Å². The molecule has 0 saturated carbocycles. The second-order valence-electron chi connectivity index (χ2n) is 13.8. The molecular weight excluding hydrogens is 939 g/mol. The van der Waals surface area contributed by atoms with Crippen LogP contribution in [0.3, 0.4) is 0 Å². The number of carboxylic acid groups (broad SMARTS) is 2. The molecule has 6 atom stereocenters. The molecule has 0 radical (unpaired) electrons. The number of hydrogen-bond acceptors (Lipinski definition) is 21. The van der Waals surface area contributed by atoms with Crippen LogP contribution in [0, 0.1) is 0 Å². The molecular formula is C38H59N7O20S2. The molecule has 7 N–H and O–H groups in total. The number of quaternary nitrogens is 1. The molecule has 0 aromatic carbocycles. The molecule has 3 heterocycles. The van der Waals surface area contributed by atoms with Gasteiger partial charge in [0.05, 0.1) is 49.9 Å².